The SMILES string of the molecule is CCN(C[C@@H]1COc2ccccc2O1)C(=O)CN1C(=O)N[C@](Cc2ccccc2)(c2ccccc2)C1=O. The number of ether oxygens (including phenoxy) is 2. The molecule has 1 saturated heterocycles. The van der Waals surface area contributed by atoms with Crippen molar-refractivity contribution in [1.29, 1.82) is 0 Å². The van der Waals surface area contributed by atoms with E-state index in [1.54, 1.807) is 4.90 Å². The van der Waals surface area contributed by atoms with Crippen molar-refractivity contribution in [2.75, 3.05) is 26.2 Å². The Morgan fingerprint density at radius 3 is 2.32 bits per heavy atom. The number of amides is 4. The Morgan fingerprint density at radius 1 is 0.973 bits per heavy atom. The predicted molar refractivity (Wildman–Crippen MR) is 137 cm³/mol. The van der Waals surface area contributed by atoms with Gasteiger partial charge in [0, 0.05) is 13.0 Å². The van der Waals surface area contributed by atoms with Crippen molar-refractivity contribution in [1.82, 2.24) is 15.1 Å². The normalized spacial score (nSPS) is 20.5. The maximum absolute atomic E-state index is 13.8. The Labute approximate surface area is 215 Å². The number of carbonyl (C=O) groups excluding carboxylic acids is 3. The highest BCUT2D eigenvalue weighted by atomic mass is 16.6. The van der Waals surface area contributed by atoms with E-state index in [0.717, 1.165) is 10.5 Å². The van der Waals surface area contributed by atoms with Gasteiger partial charge in [-0.25, -0.2) is 4.79 Å². The van der Waals surface area contributed by atoms with Crippen LogP contribution in [-0.2, 0) is 21.5 Å². The molecule has 2 aliphatic heterocycles. The minimum absolute atomic E-state index is 0.275. The van der Waals surface area contributed by atoms with Gasteiger partial charge in [-0.3, -0.25) is 14.5 Å². The molecule has 1 N–H and O–H groups in total. The van der Waals surface area contributed by atoms with Crippen molar-refractivity contribution < 1.29 is 23.9 Å². The standard InChI is InChI=1S/C29H29N3O5/c1-2-31(18-23-20-36-24-15-9-10-16-25(24)37-23)26(33)19-32-27(34)29(30-28(32)35,22-13-7-4-8-14-22)17-21-11-5-3-6-12-21/h3-16,23H,2,17-20H2,1H3,(H,30,35)/t23-,29-/m1/s1. The third kappa shape index (κ3) is 4.87. The molecule has 37 heavy (non-hydrogen) atoms. The molecule has 0 spiro atoms. The highest BCUT2D eigenvalue weighted by Crippen LogP contribution is 2.33. The molecule has 4 amide bonds. The summed E-state index contributed by atoms with van der Waals surface area (Å²) in [6.45, 7) is 2.48. The molecule has 3 aromatic rings. The lowest BCUT2D eigenvalue weighted by atomic mass is 9.83. The van der Waals surface area contributed by atoms with E-state index in [-0.39, 0.29) is 31.5 Å². The molecular weight excluding hydrogens is 470 g/mol. The van der Waals surface area contributed by atoms with Gasteiger partial charge in [-0.15, -0.1) is 0 Å². The van der Waals surface area contributed by atoms with Crippen LogP contribution in [0.5, 0.6) is 11.5 Å². The molecule has 190 valence electrons. The minimum Gasteiger partial charge on any atom is -0.486 e. The quantitative estimate of drug-likeness (QED) is 0.480. The number of carbonyl (C=O) groups is 3. The number of rotatable bonds is 8. The molecule has 5 rings (SSSR count). The first kappa shape index (κ1) is 24.4. The molecule has 0 unspecified atom stereocenters. The molecule has 3 aromatic carbocycles. The van der Waals surface area contributed by atoms with Gasteiger partial charge in [0.05, 0.1) is 6.54 Å². The van der Waals surface area contributed by atoms with Crippen LogP contribution in [0.25, 0.3) is 0 Å². The molecule has 8 nitrogen and oxygen atoms in total. The summed E-state index contributed by atoms with van der Waals surface area (Å²) in [7, 11) is 0. The zero-order valence-electron chi connectivity index (χ0n) is 20.6. The maximum atomic E-state index is 13.8. The van der Waals surface area contributed by atoms with E-state index < -0.39 is 17.5 Å². The number of nitrogens with zero attached hydrogens (tertiary/aromatic N) is 2. The Morgan fingerprint density at radius 2 is 1.62 bits per heavy atom. The molecule has 0 aromatic heterocycles. The van der Waals surface area contributed by atoms with Gasteiger partial charge in [-0.2, -0.15) is 0 Å². The minimum atomic E-state index is -1.29. The fraction of sp³-hybridized carbons (Fsp3) is 0.276. The van der Waals surface area contributed by atoms with E-state index in [1.807, 2.05) is 91.9 Å². The van der Waals surface area contributed by atoms with E-state index in [2.05, 4.69) is 5.32 Å². The van der Waals surface area contributed by atoms with Gasteiger partial charge in [0.15, 0.2) is 23.1 Å². The van der Waals surface area contributed by atoms with Crippen molar-refractivity contribution >= 4 is 17.8 Å². The summed E-state index contributed by atoms with van der Waals surface area (Å²) >= 11 is 0. The zero-order valence-corrected chi connectivity index (χ0v) is 20.6. The second kappa shape index (κ2) is 10.3. The van der Waals surface area contributed by atoms with Crippen molar-refractivity contribution in [3.63, 3.8) is 0 Å². The predicted octanol–water partition coefficient (Wildman–Crippen LogP) is 3.36. The van der Waals surface area contributed by atoms with Crippen molar-refractivity contribution in [2.45, 2.75) is 25.0 Å². The summed E-state index contributed by atoms with van der Waals surface area (Å²) < 4.78 is 11.8. The molecule has 0 saturated carbocycles. The summed E-state index contributed by atoms with van der Waals surface area (Å²) in [6.07, 6.45) is -0.0829. The number of hydrogen-bond acceptors (Lipinski definition) is 5. The first-order valence-electron chi connectivity index (χ1n) is 12.4. The number of fused-ring (bicyclic) bond motifs is 1. The fourth-order valence-corrected chi connectivity index (χ4v) is 4.85. The number of nitrogens with one attached hydrogen (secondary N) is 1. The highest BCUT2D eigenvalue weighted by Gasteiger charge is 2.53. The number of likely N-dealkylation sites (N-methyl/N-ethyl adjacent to an activating group) is 1. The van der Waals surface area contributed by atoms with Crippen LogP contribution >= 0.6 is 0 Å². The average Bonchev–Trinajstić information content (AvgIpc) is 3.17. The van der Waals surface area contributed by atoms with Crippen LogP contribution in [0.15, 0.2) is 84.9 Å². The number of urea groups is 1. The van der Waals surface area contributed by atoms with Gasteiger partial charge < -0.3 is 19.7 Å². The van der Waals surface area contributed by atoms with Crippen molar-refractivity contribution in [3.05, 3.63) is 96.1 Å². The first-order valence-corrected chi connectivity index (χ1v) is 12.4. The number of para-hydroxylation sites is 2. The molecule has 2 atom stereocenters. The van der Waals surface area contributed by atoms with Crippen LogP contribution in [0, 0.1) is 0 Å². The lowest BCUT2D eigenvalue weighted by Gasteiger charge is -2.31. The topological polar surface area (TPSA) is 88.2 Å². The lowest BCUT2D eigenvalue weighted by Crippen LogP contribution is -2.49. The Kier molecular flexibility index (Phi) is 6.81. The lowest BCUT2D eigenvalue weighted by molar-refractivity contribution is -0.140. The Bertz CT molecular complexity index is 1280. The summed E-state index contributed by atoms with van der Waals surface area (Å²) in [5, 5.41) is 2.91. The smallest absolute Gasteiger partial charge is 0.325 e. The van der Waals surface area contributed by atoms with Gasteiger partial charge in [0.1, 0.15) is 13.2 Å². The van der Waals surface area contributed by atoms with Crippen LogP contribution in [0.2, 0.25) is 0 Å². The third-order valence-corrected chi connectivity index (χ3v) is 6.77. The van der Waals surface area contributed by atoms with E-state index in [1.165, 1.54) is 0 Å². The van der Waals surface area contributed by atoms with Crippen molar-refractivity contribution in [3.8, 4) is 11.5 Å². The van der Waals surface area contributed by atoms with Crippen LogP contribution < -0.4 is 14.8 Å². The third-order valence-electron chi connectivity index (χ3n) is 6.77. The Hall–Kier alpha value is -4.33. The van der Waals surface area contributed by atoms with Gasteiger partial charge in [0.2, 0.25) is 5.91 Å². The molecular formula is C29H29N3O5. The number of hydrogen-bond donors (Lipinski definition) is 1. The summed E-state index contributed by atoms with van der Waals surface area (Å²) in [4.78, 5) is 42.9. The van der Waals surface area contributed by atoms with E-state index in [0.29, 0.717) is 30.2 Å². The van der Waals surface area contributed by atoms with Crippen LogP contribution in [0.3, 0.4) is 0 Å². The highest BCUT2D eigenvalue weighted by molar-refractivity contribution is 6.09. The van der Waals surface area contributed by atoms with Gasteiger partial charge in [0.25, 0.3) is 5.91 Å². The van der Waals surface area contributed by atoms with Gasteiger partial charge in [-0.1, -0.05) is 72.8 Å². The Balaban J connectivity index is 1.33. The van der Waals surface area contributed by atoms with E-state index in [4.69, 9.17) is 9.47 Å². The van der Waals surface area contributed by atoms with E-state index >= 15 is 0 Å². The maximum Gasteiger partial charge on any atom is 0.325 e. The summed E-state index contributed by atoms with van der Waals surface area (Å²) in [5.41, 5.74) is 0.283. The molecule has 2 aliphatic rings. The van der Waals surface area contributed by atoms with E-state index in [9.17, 15) is 14.4 Å². The molecule has 0 radical (unpaired) electrons. The zero-order chi connectivity index (χ0) is 25.8. The second-order valence-electron chi connectivity index (χ2n) is 9.19. The largest absolute Gasteiger partial charge is 0.486 e. The molecule has 0 bridgehead atoms. The molecule has 8 heteroatoms. The fourth-order valence-electron chi connectivity index (χ4n) is 4.85. The van der Waals surface area contributed by atoms with Crippen LogP contribution in [0.4, 0.5) is 4.79 Å². The number of imide groups is 1. The average molecular weight is 500 g/mol. The molecule has 2 heterocycles. The molecule has 1 fully saturated rings. The summed E-state index contributed by atoms with van der Waals surface area (Å²) in [5.74, 6) is 0.521. The monoisotopic (exact) mass is 499 g/mol. The summed E-state index contributed by atoms with van der Waals surface area (Å²) in [6, 6.07) is 25.5. The van der Waals surface area contributed by atoms with Gasteiger partial charge in [-0.05, 0) is 30.2 Å². The number of benzene rings is 3. The molecule has 0 aliphatic carbocycles. The van der Waals surface area contributed by atoms with Crippen LogP contribution in [0.1, 0.15) is 18.1 Å². The second-order valence-corrected chi connectivity index (χ2v) is 9.19. The first-order chi connectivity index (χ1) is 18.0. The van der Waals surface area contributed by atoms with Crippen LogP contribution in [-0.4, -0.2) is 60.0 Å². The van der Waals surface area contributed by atoms with Gasteiger partial charge >= 0.3 is 6.03 Å². The van der Waals surface area contributed by atoms with Crippen molar-refractivity contribution in [2.24, 2.45) is 0 Å².